The Balaban J connectivity index is 5.24. The van der Waals surface area contributed by atoms with E-state index < -0.39 is 5.97 Å². The number of ether oxygens (including phenoxy) is 1. The van der Waals surface area contributed by atoms with E-state index in [-0.39, 0.29) is 29.5 Å². The molecule has 0 aliphatic rings. The van der Waals surface area contributed by atoms with Gasteiger partial charge in [-0.3, -0.25) is 4.79 Å². The van der Waals surface area contributed by atoms with Crippen LogP contribution in [0.15, 0.2) is 23.3 Å². The van der Waals surface area contributed by atoms with E-state index in [0.717, 1.165) is 0 Å². The Bertz CT molecular complexity index is 410. The van der Waals surface area contributed by atoms with Crippen LogP contribution in [0.3, 0.4) is 0 Å². The van der Waals surface area contributed by atoms with Crippen molar-refractivity contribution in [3.8, 4) is 6.07 Å². The topological polar surface area (TPSA) is 70.4 Å². The van der Waals surface area contributed by atoms with E-state index in [4.69, 9.17) is 10.00 Å². The molecule has 0 rings (SSSR count). The Morgan fingerprint density at radius 1 is 1.50 bits per heavy atom. The summed E-state index contributed by atoms with van der Waals surface area (Å²) in [4.78, 5) is 24.4. The SMILES string of the molecule is C=CCOC(=O)/C(C#N)=C(\S)N(CC)C(=O)CC. The molecule has 0 saturated heterocycles. The molecule has 0 aliphatic carbocycles. The van der Waals surface area contributed by atoms with Gasteiger partial charge in [-0.2, -0.15) is 5.26 Å². The van der Waals surface area contributed by atoms with Gasteiger partial charge in [0.25, 0.3) is 0 Å². The van der Waals surface area contributed by atoms with Gasteiger partial charge < -0.3 is 9.64 Å². The van der Waals surface area contributed by atoms with Gasteiger partial charge in [0.1, 0.15) is 12.7 Å². The fourth-order valence-electron chi connectivity index (χ4n) is 1.16. The summed E-state index contributed by atoms with van der Waals surface area (Å²) in [7, 11) is 0. The molecule has 0 saturated carbocycles. The van der Waals surface area contributed by atoms with Crippen LogP contribution in [0.1, 0.15) is 20.3 Å². The molecule has 0 aromatic carbocycles. The zero-order valence-electron chi connectivity index (χ0n) is 10.5. The predicted octanol–water partition coefficient (Wildman–Crippen LogP) is 1.64. The van der Waals surface area contributed by atoms with E-state index >= 15 is 0 Å². The van der Waals surface area contributed by atoms with Crippen molar-refractivity contribution in [2.24, 2.45) is 0 Å². The summed E-state index contributed by atoms with van der Waals surface area (Å²) < 4.78 is 4.75. The molecule has 0 aromatic rings. The van der Waals surface area contributed by atoms with Crippen LogP contribution in [0.25, 0.3) is 0 Å². The normalized spacial score (nSPS) is 11.0. The Kier molecular flexibility index (Phi) is 7.56. The Morgan fingerprint density at radius 2 is 2.11 bits per heavy atom. The second-order valence-electron chi connectivity index (χ2n) is 3.19. The van der Waals surface area contributed by atoms with E-state index in [9.17, 15) is 9.59 Å². The molecular formula is C12H16N2O3S. The molecule has 0 aliphatic heterocycles. The van der Waals surface area contributed by atoms with Gasteiger partial charge in [0, 0.05) is 13.0 Å². The smallest absolute Gasteiger partial charge is 0.351 e. The lowest BCUT2D eigenvalue weighted by molar-refractivity contribution is -0.137. The van der Waals surface area contributed by atoms with Crippen molar-refractivity contribution < 1.29 is 14.3 Å². The number of hydrogen-bond donors (Lipinski definition) is 1. The van der Waals surface area contributed by atoms with Crippen LogP contribution in [0, 0.1) is 11.3 Å². The summed E-state index contributed by atoms with van der Waals surface area (Å²) in [5.41, 5.74) is -0.288. The highest BCUT2D eigenvalue weighted by Crippen LogP contribution is 2.16. The third-order valence-corrected chi connectivity index (χ3v) is 2.51. The maximum atomic E-state index is 11.6. The standard InChI is InChI=1S/C12H16N2O3S/c1-4-7-17-12(16)9(8-13)11(18)14(6-3)10(15)5-2/h4,18H,1,5-7H2,2-3H3/b11-9-. The predicted molar refractivity (Wildman–Crippen MR) is 70.5 cm³/mol. The minimum atomic E-state index is -0.815. The van der Waals surface area contributed by atoms with Gasteiger partial charge in [0.05, 0.1) is 5.03 Å². The van der Waals surface area contributed by atoms with Gasteiger partial charge in [-0.15, -0.1) is 12.6 Å². The molecule has 0 spiro atoms. The molecule has 6 heteroatoms. The van der Waals surface area contributed by atoms with Crippen molar-refractivity contribution in [2.45, 2.75) is 20.3 Å². The van der Waals surface area contributed by atoms with Crippen LogP contribution in [0.2, 0.25) is 0 Å². The molecule has 0 radical (unpaired) electrons. The number of nitrogens with zero attached hydrogens (tertiary/aromatic N) is 2. The number of nitriles is 1. The lowest BCUT2D eigenvalue weighted by Gasteiger charge is -2.20. The third kappa shape index (κ3) is 4.26. The fraction of sp³-hybridized carbons (Fsp3) is 0.417. The minimum Gasteiger partial charge on any atom is -0.457 e. The summed E-state index contributed by atoms with van der Waals surface area (Å²) >= 11 is 4.07. The minimum absolute atomic E-state index is 0.00107. The van der Waals surface area contributed by atoms with E-state index in [1.807, 2.05) is 0 Å². The molecule has 0 heterocycles. The average Bonchev–Trinajstić information content (AvgIpc) is 2.37. The van der Waals surface area contributed by atoms with E-state index in [1.54, 1.807) is 19.9 Å². The summed E-state index contributed by atoms with van der Waals surface area (Å²) in [6, 6.07) is 1.70. The highest BCUT2D eigenvalue weighted by atomic mass is 32.1. The van der Waals surface area contributed by atoms with Crippen LogP contribution in [0.4, 0.5) is 0 Å². The van der Waals surface area contributed by atoms with Crippen molar-refractivity contribution >= 4 is 24.5 Å². The molecule has 18 heavy (non-hydrogen) atoms. The Hall–Kier alpha value is -1.74. The van der Waals surface area contributed by atoms with Crippen LogP contribution in [-0.4, -0.2) is 29.9 Å². The van der Waals surface area contributed by atoms with Crippen LogP contribution < -0.4 is 0 Å². The molecule has 0 N–H and O–H groups in total. The third-order valence-electron chi connectivity index (χ3n) is 2.05. The highest BCUT2D eigenvalue weighted by Gasteiger charge is 2.21. The van der Waals surface area contributed by atoms with E-state index in [1.165, 1.54) is 11.0 Å². The quantitative estimate of drug-likeness (QED) is 0.261. The monoisotopic (exact) mass is 268 g/mol. The summed E-state index contributed by atoms with van der Waals surface area (Å²) in [5.74, 6) is -1.03. The van der Waals surface area contributed by atoms with Gasteiger partial charge in [-0.25, -0.2) is 4.79 Å². The number of thiol groups is 1. The first-order chi connectivity index (χ1) is 8.53. The highest BCUT2D eigenvalue weighted by molar-refractivity contribution is 7.84. The zero-order chi connectivity index (χ0) is 14.1. The Morgan fingerprint density at radius 3 is 2.50 bits per heavy atom. The second kappa shape index (κ2) is 8.37. The van der Waals surface area contributed by atoms with Gasteiger partial charge >= 0.3 is 5.97 Å². The van der Waals surface area contributed by atoms with Crippen molar-refractivity contribution in [2.75, 3.05) is 13.2 Å². The van der Waals surface area contributed by atoms with Gasteiger partial charge in [0.15, 0.2) is 5.57 Å². The molecule has 0 bridgehead atoms. The largest absolute Gasteiger partial charge is 0.457 e. The van der Waals surface area contributed by atoms with Crippen LogP contribution in [0.5, 0.6) is 0 Å². The van der Waals surface area contributed by atoms with Crippen molar-refractivity contribution in [3.05, 3.63) is 23.3 Å². The van der Waals surface area contributed by atoms with Crippen molar-refractivity contribution in [1.29, 1.82) is 5.26 Å². The first-order valence-electron chi connectivity index (χ1n) is 5.45. The number of amides is 1. The summed E-state index contributed by atoms with van der Waals surface area (Å²) in [6.45, 7) is 7.14. The summed E-state index contributed by atoms with van der Waals surface area (Å²) in [5, 5.41) is 8.96. The molecule has 5 nitrogen and oxygen atoms in total. The van der Waals surface area contributed by atoms with E-state index in [0.29, 0.717) is 6.54 Å². The van der Waals surface area contributed by atoms with Gasteiger partial charge in [0.2, 0.25) is 5.91 Å². The molecule has 0 aromatic heterocycles. The first-order valence-corrected chi connectivity index (χ1v) is 5.89. The molecule has 0 atom stereocenters. The molecule has 98 valence electrons. The number of hydrogen-bond acceptors (Lipinski definition) is 5. The van der Waals surface area contributed by atoms with Gasteiger partial charge in [-0.1, -0.05) is 19.6 Å². The maximum Gasteiger partial charge on any atom is 0.351 e. The number of carbonyl (C=O) groups excluding carboxylic acids is 2. The molecule has 0 fully saturated rings. The first kappa shape index (κ1) is 16.3. The molecule has 1 amide bonds. The second-order valence-corrected chi connectivity index (χ2v) is 3.61. The van der Waals surface area contributed by atoms with Crippen molar-refractivity contribution in [3.63, 3.8) is 0 Å². The lowest BCUT2D eigenvalue weighted by Crippen LogP contribution is -2.29. The number of esters is 1. The van der Waals surface area contributed by atoms with Gasteiger partial charge in [-0.05, 0) is 6.92 Å². The zero-order valence-corrected chi connectivity index (χ0v) is 11.4. The Labute approximate surface area is 112 Å². The van der Waals surface area contributed by atoms with Crippen molar-refractivity contribution in [1.82, 2.24) is 4.90 Å². The molecule has 0 unspecified atom stereocenters. The molecular weight excluding hydrogens is 252 g/mol. The fourth-order valence-corrected chi connectivity index (χ4v) is 1.56. The van der Waals surface area contributed by atoms with Crippen LogP contribution >= 0.6 is 12.6 Å². The lowest BCUT2D eigenvalue weighted by atomic mass is 10.3. The maximum absolute atomic E-state index is 11.6. The van der Waals surface area contributed by atoms with Crippen LogP contribution in [-0.2, 0) is 14.3 Å². The number of carbonyl (C=O) groups is 2. The summed E-state index contributed by atoms with van der Waals surface area (Å²) in [6.07, 6.45) is 1.65. The van der Waals surface area contributed by atoms with E-state index in [2.05, 4.69) is 19.2 Å². The number of rotatable bonds is 6. The average molecular weight is 268 g/mol.